The molecule has 2 aromatic rings. The number of H-pyrrole nitrogens is 1. The van der Waals surface area contributed by atoms with Gasteiger partial charge in [0.1, 0.15) is 5.82 Å². The van der Waals surface area contributed by atoms with Gasteiger partial charge in [0.2, 0.25) is 0 Å². The Hall–Kier alpha value is -1.84. The number of aromatic nitrogens is 3. The lowest BCUT2D eigenvalue weighted by Gasteiger charge is -2.02. The molecule has 1 heterocycles. The summed E-state index contributed by atoms with van der Waals surface area (Å²) in [6.45, 7) is 3.78. The third kappa shape index (κ3) is 1.35. The summed E-state index contributed by atoms with van der Waals surface area (Å²) < 4.78 is 1.55. The van der Waals surface area contributed by atoms with Gasteiger partial charge >= 0.3 is 5.69 Å². The summed E-state index contributed by atoms with van der Waals surface area (Å²) in [5.41, 5.74) is 1.77. The zero-order chi connectivity index (χ0) is 10.1. The van der Waals surface area contributed by atoms with E-state index in [0.717, 1.165) is 11.3 Å². The monoisotopic (exact) mass is 189 g/mol. The Labute approximate surface area is 81.2 Å². The normalized spacial score (nSPS) is 10.4. The van der Waals surface area contributed by atoms with Crippen molar-refractivity contribution in [2.75, 3.05) is 0 Å². The molecule has 1 aromatic heterocycles. The molecular formula is C10H11N3O. The molecule has 0 atom stereocenters. The molecule has 1 N–H and O–H groups in total. The summed E-state index contributed by atoms with van der Waals surface area (Å²) in [5.74, 6) is 0.667. The van der Waals surface area contributed by atoms with E-state index < -0.39 is 0 Å². The molecule has 0 aliphatic heterocycles. The summed E-state index contributed by atoms with van der Waals surface area (Å²) >= 11 is 0. The first-order chi connectivity index (χ1) is 6.68. The summed E-state index contributed by atoms with van der Waals surface area (Å²) in [5, 5.41) is 6.26. The second-order valence-electron chi connectivity index (χ2n) is 3.25. The van der Waals surface area contributed by atoms with Gasteiger partial charge in [-0.15, -0.1) is 0 Å². The van der Waals surface area contributed by atoms with Crippen molar-refractivity contribution in [1.29, 1.82) is 0 Å². The van der Waals surface area contributed by atoms with Gasteiger partial charge in [-0.2, -0.15) is 5.10 Å². The minimum Gasteiger partial charge on any atom is -0.247 e. The van der Waals surface area contributed by atoms with Crippen LogP contribution >= 0.6 is 0 Å². The molecule has 14 heavy (non-hydrogen) atoms. The highest BCUT2D eigenvalue weighted by Gasteiger charge is 2.05. The molecule has 0 unspecified atom stereocenters. The first-order valence-electron chi connectivity index (χ1n) is 4.39. The molecule has 0 aliphatic rings. The van der Waals surface area contributed by atoms with Crippen molar-refractivity contribution in [3.63, 3.8) is 0 Å². The number of benzene rings is 1. The van der Waals surface area contributed by atoms with Crippen molar-refractivity contribution in [3.05, 3.63) is 46.1 Å². The van der Waals surface area contributed by atoms with E-state index in [1.807, 2.05) is 31.2 Å². The molecule has 0 amide bonds. The van der Waals surface area contributed by atoms with Crippen LogP contribution in [0.1, 0.15) is 11.4 Å². The first kappa shape index (κ1) is 8.74. The molecule has 1 aromatic carbocycles. The number of aryl methyl sites for hydroxylation is 2. The molecule has 2 rings (SSSR count). The van der Waals surface area contributed by atoms with E-state index in [4.69, 9.17) is 0 Å². The Kier molecular flexibility index (Phi) is 1.96. The quantitative estimate of drug-likeness (QED) is 0.732. The van der Waals surface area contributed by atoms with Crippen LogP contribution in [0.25, 0.3) is 5.69 Å². The number of nitrogens with one attached hydrogen (secondary N) is 1. The van der Waals surface area contributed by atoms with Crippen LogP contribution in [-0.4, -0.2) is 14.8 Å². The van der Waals surface area contributed by atoms with Crippen LogP contribution in [-0.2, 0) is 0 Å². The zero-order valence-corrected chi connectivity index (χ0v) is 8.11. The van der Waals surface area contributed by atoms with E-state index >= 15 is 0 Å². The topological polar surface area (TPSA) is 50.7 Å². The number of nitrogens with zero attached hydrogens (tertiary/aromatic N) is 2. The lowest BCUT2D eigenvalue weighted by atomic mass is 10.2. The molecule has 4 heteroatoms. The lowest BCUT2D eigenvalue weighted by Crippen LogP contribution is -2.15. The minimum absolute atomic E-state index is 0.201. The third-order valence-corrected chi connectivity index (χ3v) is 2.10. The van der Waals surface area contributed by atoms with Crippen molar-refractivity contribution in [3.8, 4) is 5.69 Å². The summed E-state index contributed by atoms with van der Waals surface area (Å²) in [6, 6.07) is 7.74. The van der Waals surface area contributed by atoms with Crippen LogP contribution in [0.15, 0.2) is 29.1 Å². The van der Waals surface area contributed by atoms with Gasteiger partial charge in [-0.1, -0.05) is 12.1 Å². The van der Waals surface area contributed by atoms with Crippen molar-refractivity contribution in [1.82, 2.24) is 14.8 Å². The van der Waals surface area contributed by atoms with Gasteiger partial charge < -0.3 is 0 Å². The Morgan fingerprint density at radius 3 is 2.71 bits per heavy atom. The highest BCUT2D eigenvalue weighted by Crippen LogP contribution is 2.08. The van der Waals surface area contributed by atoms with Crippen molar-refractivity contribution < 1.29 is 0 Å². The van der Waals surface area contributed by atoms with Gasteiger partial charge in [-0.05, 0) is 31.5 Å². The largest absolute Gasteiger partial charge is 0.347 e. The lowest BCUT2D eigenvalue weighted by molar-refractivity contribution is 0.942. The summed E-state index contributed by atoms with van der Waals surface area (Å²) in [6.07, 6.45) is 0. The van der Waals surface area contributed by atoms with E-state index in [1.54, 1.807) is 11.5 Å². The van der Waals surface area contributed by atoms with Crippen molar-refractivity contribution in [2.24, 2.45) is 0 Å². The van der Waals surface area contributed by atoms with Gasteiger partial charge in [-0.25, -0.2) is 14.5 Å². The van der Waals surface area contributed by atoms with E-state index in [2.05, 4.69) is 10.2 Å². The van der Waals surface area contributed by atoms with Gasteiger partial charge in [0.25, 0.3) is 0 Å². The summed E-state index contributed by atoms with van der Waals surface area (Å²) in [7, 11) is 0. The zero-order valence-electron chi connectivity index (χ0n) is 8.11. The standard InChI is InChI=1S/C10H11N3O/c1-7-4-3-5-9(6-7)13-8(2)11-12-10(13)14/h3-6H,1-2H3,(H,12,14). The van der Waals surface area contributed by atoms with Crippen LogP contribution in [0.4, 0.5) is 0 Å². The van der Waals surface area contributed by atoms with Crippen LogP contribution in [0.3, 0.4) is 0 Å². The van der Waals surface area contributed by atoms with Crippen molar-refractivity contribution >= 4 is 0 Å². The van der Waals surface area contributed by atoms with Gasteiger partial charge in [0, 0.05) is 0 Å². The Morgan fingerprint density at radius 2 is 2.14 bits per heavy atom. The second-order valence-corrected chi connectivity index (χ2v) is 3.25. The van der Waals surface area contributed by atoms with E-state index in [-0.39, 0.29) is 5.69 Å². The van der Waals surface area contributed by atoms with Crippen molar-refractivity contribution in [2.45, 2.75) is 13.8 Å². The number of rotatable bonds is 1. The molecule has 0 saturated carbocycles. The molecular weight excluding hydrogens is 178 g/mol. The van der Waals surface area contributed by atoms with Crippen LogP contribution in [0.2, 0.25) is 0 Å². The fraction of sp³-hybridized carbons (Fsp3) is 0.200. The average molecular weight is 189 g/mol. The number of hydrogen-bond donors (Lipinski definition) is 1. The molecule has 72 valence electrons. The van der Waals surface area contributed by atoms with Crippen LogP contribution < -0.4 is 5.69 Å². The van der Waals surface area contributed by atoms with Gasteiger partial charge in [-0.3, -0.25) is 0 Å². The molecule has 0 spiro atoms. The SMILES string of the molecule is Cc1cccc(-n2c(C)n[nH]c2=O)c1. The molecule has 0 radical (unpaired) electrons. The predicted molar refractivity (Wildman–Crippen MR) is 53.7 cm³/mol. The first-order valence-corrected chi connectivity index (χ1v) is 4.39. The molecule has 0 bridgehead atoms. The third-order valence-electron chi connectivity index (χ3n) is 2.10. The highest BCUT2D eigenvalue weighted by molar-refractivity contribution is 5.35. The summed E-state index contributed by atoms with van der Waals surface area (Å²) in [4.78, 5) is 11.4. The fourth-order valence-corrected chi connectivity index (χ4v) is 1.45. The maximum Gasteiger partial charge on any atom is 0.347 e. The second kappa shape index (κ2) is 3.14. The smallest absolute Gasteiger partial charge is 0.247 e. The molecule has 4 nitrogen and oxygen atoms in total. The minimum atomic E-state index is -0.201. The van der Waals surface area contributed by atoms with E-state index in [0.29, 0.717) is 5.82 Å². The predicted octanol–water partition coefficient (Wildman–Crippen LogP) is 1.18. The highest BCUT2D eigenvalue weighted by atomic mass is 16.1. The van der Waals surface area contributed by atoms with Crippen LogP contribution in [0.5, 0.6) is 0 Å². The number of hydrogen-bond acceptors (Lipinski definition) is 2. The molecule has 0 aliphatic carbocycles. The Balaban J connectivity index is 2.66. The molecule has 0 fully saturated rings. The maximum absolute atomic E-state index is 11.4. The Morgan fingerprint density at radius 1 is 1.36 bits per heavy atom. The Bertz CT molecular complexity index is 510. The maximum atomic E-state index is 11.4. The fourth-order valence-electron chi connectivity index (χ4n) is 1.45. The van der Waals surface area contributed by atoms with Gasteiger partial charge in [0.15, 0.2) is 0 Å². The average Bonchev–Trinajstić information content (AvgIpc) is 2.46. The van der Waals surface area contributed by atoms with Crippen LogP contribution in [0, 0.1) is 13.8 Å². The van der Waals surface area contributed by atoms with E-state index in [9.17, 15) is 4.79 Å². The number of aromatic amines is 1. The van der Waals surface area contributed by atoms with Gasteiger partial charge in [0.05, 0.1) is 5.69 Å². The van der Waals surface area contributed by atoms with E-state index in [1.165, 1.54) is 0 Å². The molecule has 0 saturated heterocycles.